The van der Waals surface area contributed by atoms with Crippen LogP contribution in [0.4, 0.5) is 11.4 Å². The Morgan fingerprint density at radius 2 is 1.45 bits per heavy atom. The van der Waals surface area contributed by atoms with Crippen LogP contribution >= 0.6 is 0 Å². The van der Waals surface area contributed by atoms with Gasteiger partial charge in [-0.25, -0.2) is 0 Å². The van der Waals surface area contributed by atoms with E-state index in [1.165, 1.54) is 5.56 Å². The Morgan fingerprint density at radius 1 is 0.755 bits per heavy atom. The van der Waals surface area contributed by atoms with E-state index in [4.69, 9.17) is 15.2 Å². The number of benzene rings is 5. The van der Waals surface area contributed by atoms with Crippen LogP contribution in [0.25, 0.3) is 11.1 Å². The number of carbonyl (C=O) groups excluding carboxylic acids is 2. The van der Waals surface area contributed by atoms with Crippen molar-refractivity contribution in [1.82, 2.24) is 10.2 Å². The van der Waals surface area contributed by atoms with Gasteiger partial charge in [-0.15, -0.1) is 0 Å². The molecular formula is C44H48N4O5. The van der Waals surface area contributed by atoms with Crippen molar-refractivity contribution in [2.24, 2.45) is 0 Å². The molecular weight excluding hydrogens is 665 g/mol. The van der Waals surface area contributed by atoms with Crippen molar-refractivity contribution >= 4 is 23.2 Å². The van der Waals surface area contributed by atoms with Crippen LogP contribution in [0.1, 0.15) is 65.9 Å². The second-order valence-corrected chi connectivity index (χ2v) is 13.6. The van der Waals surface area contributed by atoms with Crippen LogP contribution in [-0.2, 0) is 38.8 Å². The topological polar surface area (TPSA) is 126 Å². The molecule has 1 aliphatic heterocycles. The lowest BCUT2D eigenvalue weighted by Gasteiger charge is -2.38. The van der Waals surface area contributed by atoms with Crippen LogP contribution in [-0.4, -0.2) is 41.5 Å². The van der Waals surface area contributed by atoms with E-state index in [1.54, 1.807) is 12.1 Å². The number of nitrogen functional groups attached to an aromatic ring is 1. The maximum Gasteiger partial charge on any atom is 0.224 e. The van der Waals surface area contributed by atoms with Crippen molar-refractivity contribution < 1.29 is 24.2 Å². The minimum Gasteiger partial charge on any atom is -0.397 e. The maximum atomic E-state index is 12.6. The second-order valence-electron chi connectivity index (χ2n) is 13.6. The van der Waals surface area contributed by atoms with Gasteiger partial charge in [-0.1, -0.05) is 109 Å². The molecule has 0 unspecified atom stereocenters. The van der Waals surface area contributed by atoms with Crippen molar-refractivity contribution in [3.8, 4) is 11.1 Å². The first kappa shape index (κ1) is 37.4. The number of nitrogens with two attached hydrogens (primary N) is 1. The molecule has 1 heterocycles. The molecule has 0 saturated carbocycles. The number of aliphatic hydroxyl groups is 1. The summed E-state index contributed by atoms with van der Waals surface area (Å²) in [6.45, 7) is 1.97. The number of anilines is 2. The average molecular weight is 713 g/mol. The number of amides is 2. The first-order chi connectivity index (χ1) is 25.8. The molecule has 5 N–H and O–H groups in total. The quantitative estimate of drug-likeness (QED) is 0.0827. The molecule has 6 rings (SSSR count). The van der Waals surface area contributed by atoms with Gasteiger partial charge in [0.25, 0.3) is 0 Å². The molecule has 9 heteroatoms. The minimum atomic E-state index is -0.542. The molecule has 1 saturated heterocycles. The number of para-hydroxylation sites is 2. The van der Waals surface area contributed by atoms with Gasteiger partial charge in [0, 0.05) is 44.5 Å². The van der Waals surface area contributed by atoms with Crippen LogP contribution in [0.15, 0.2) is 127 Å². The van der Waals surface area contributed by atoms with E-state index in [1.807, 2.05) is 54.6 Å². The van der Waals surface area contributed by atoms with E-state index in [0.717, 1.165) is 46.5 Å². The highest BCUT2D eigenvalue weighted by Gasteiger charge is 2.32. The van der Waals surface area contributed by atoms with E-state index < -0.39 is 6.29 Å². The molecule has 2 amide bonds. The van der Waals surface area contributed by atoms with E-state index in [2.05, 4.69) is 83.2 Å². The van der Waals surface area contributed by atoms with Crippen LogP contribution in [0.2, 0.25) is 0 Å². The lowest BCUT2D eigenvalue weighted by Crippen LogP contribution is -2.37. The molecule has 1 aliphatic rings. The van der Waals surface area contributed by atoms with Gasteiger partial charge in [-0.05, 0) is 65.0 Å². The number of likely N-dealkylation sites (N-methyl/N-ethyl adjacent to an activating group) is 1. The van der Waals surface area contributed by atoms with Gasteiger partial charge in [0.15, 0.2) is 6.29 Å². The zero-order valence-electron chi connectivity index (χ0n) is 30.1. The first-order valence-corrected chi connectivity index (χ1v) is 18.2. The summed E-state index contributed by atoms with van der Waals surface area (Å²) in [5.74, 6) is -0.276. The summed E-state index contributed by atoms with van der Waals surface area (Å²) in [5.41, 5.74) is 14.2. The molecule has 274 valence electrons. The van der Waals surface area contributed by atoms with Gasteiger partial charge in [-0.3, -0.25) is 14.5 Å². The first-order valence-electron chi connectivity index (χ1n) is 18.2. The summed E-state index contributed by atoms with van der Waals surface area (Å²) in [4.78, 5) is 27.1. The molecule has 9 nitrogen and oxygen atoms in total. The van der Waals surface area contributed by atoms with Gasteiger partial charge in [0.05, 0.1) is 30.2 Å². The lowest BCUT2D eigenvalue weighted by atomic mass is 9.99. The molecule has 1 fully saturated rings. The van der Waals surface area contributed by atoms with Crippen molar-refractivity contribution in [1.29, 1.82) is 0 Å². The maximum absolute atomic E-state index is 12.6. The second kappa shape index (κ2) is 18.4. The Morgan fingerprint density at radius 3 is 2.21 bits per heavy atom. The molecule has 53 heavy (non-hydrogen) atoms. The molecule has 5 aromatic carbocycles. The zero-order valence-corrected chi connectivity index (χ0v) is 30.1. The van der Waals surface area contributed by atoms with E-state index >= 15 is 0 Å². The van der Waals surface area contributed by atoms with Crippen LogP contribution < -0.4 is 16.4 Å². The number of hydrogen-bond donors (Lipinski definition) is 4. The van der Waals surface area contributed by atoms with E-state index in [9.17, 15) is 14.7 Å². The van der Waals surface area contributed by atoms with Crippen molar-refractivity contribution in [2.75, 3.05) is 24.6 Å². The Kier molecular flexibility index (Phi) is 13.0. The Balaban J connectivity index is 1.05. The summed E-state index contributed by atoms with van der Waals surface area (Å²) in [7, 11) is 2.12. The molecule has 0 aromatic heterocycles. The molecule has 0 aliphatic carbocycles. The Bertz CT molecular complexity index is 1930. The third-order valence-corrected chi connectivity index (χ3v) is 9.40. The predicted molar refractivity (Wildman–Crippen MR) is 208 cm³/mol. The highest BCUT2D eigenvalue weighted by Crippen LogP contribution is 2.38. The number of nitrogens with zero attached hydrogens (tertiary/aromatic N) is 1. The third kappa shape index (κ3) is 10.8. The SMILES string of the molecule is CN(Cc1ccccc1)C[C@H]1C[C@@H](c2ccc(CO)cc2)O[C@@H](c2ccc(-c3cccc(CNC(=O)CCCC(=O)Nc4ccccc4N)c3)cc2)O1. The molecule has 3 atom stereocenters. The number of rotatable bonds is 15. The molecule has 0 bridgehead atoms. The Labute approximate surface area is 311 Å². The van der Waals surface area contributed by atoms with Crippen LogP contribution in [0, 0.1) is 0 Å². The minimum absolute atomic E-state index is 0.00231. The van der Waals surface area contributed by atoms with Crippen molar-refractivity contribution in [3.05, 3.63) is 155 Å². The highest BCUT2D eigenvalue weighted by atomic mass is 16.7. The Hall–Kier alpha value is -5.32. The summed E-state index contributed by atoms with van der Waals surface area (Å²) < 4.78 is 13.2. The van der Waals surface area contributed by atoms with Crippen molar-refractivity contribution in [3.63, 3.8) is 0 Å². The van der Waals surface area contributed by atoms with E-state index in [0.29, 0.717) is 30.8 Å². The lowest BCUT2D eigenvalue weighted by molar-refractivity contribution is -0.252. The molecule has 0 radical (unpaired) electrons. The predicted octanol–water partition coefficient (Wildman–Crippen LogP) is 7.53. The average Bonchev–Trinajstić information content (AvgIpc) is 3.18. The summed E-state index contributed by atoms with van der Waals surface area (Å²) in [5, 5.41) is 15.3. The highest BCUT2D eigenvalue weighted by molar-refractivity contribution is 5.94. The van der Waals surface area contributed by atoms with Gasteiger partial charge >= 0.3 is 0 Å². The number of hydrogen-bond acceptors (Lipinski definition) is 7. The summed E-state index contributed by atoms with van der Waals surface area (Å²) in [6, 6.07) is 41.8. The zero-order chi connectivity index (χ0) is 37.0. The number of aliphatic hydroxyl groups excluding tert-OH is 1. The molecule has 0 spiro atoms. The normalized spacial score (nSPS) is 17.0. The fraction of sp³-hybridized carbons (Fsp3) is 0.273. The standard InChI is InChI=1S/C44H48N4O5/c1-48(28-31-9-3-2-4-10-31)29-38-26-41(35-19-17-32(30-49)18-20-35)53-44(52-38)36-23-21-34(22-24-36)37-12-7-11-33(25-37)27-46-42(50)15-8-16-43(51)47-40-14-6-5-13-39(40)45/h2-7,9-14,17-25,38,41,44,49H,8,15-16,26-30,45H2,1H3,(H,46,50)(H,47,51)/t38-,41+,44+/m1/s1. The van der Waals surface area contributed by atoms with Crippen LogP contribution in [0.3, 0.4) is 0 Å². The molecule has 5 aromatic rings. The van der Waals surface area contributed by atoms with Gasteiger partial charge in [0.1, 0.15) is 0 Å². The summed E-state index contributed by atoms with van der Waals surface area (Å²) >= 11 is 0. The fourth-order valence-corrected chi connectivity index (χ4v) is 6.56. The van der Waals surface area contributed by atoms with E-state index in [-0.39, 0.29) is 43.5 Å². The fourth-order valence-electron chi connectivity index (χ4n) is 6.56. The van der Waals surface area contributed by atoms with Crippen LogP contribution in [0.5, 0.6) is 0 Å². The number of nitrogens with one attached hydrogen (secondary N) is 2. The third-order valence-electron chi connectivity index (χ3n) is 9.40. The van der Waals surface area contributed by atoms with Gasteiger partial charge < -0.3 is 30.9 Å². The number of ether oxygens (including phenoxy) is 2. The summed E-state index contributed by atoms with van der Waals surface area (Å²) in [6.07, 6.45) is 0.885. The van der Waals surface area contributed by atoms with Gasteiger partial charge in [0.2, 0.25) is 11.8 Å². The number of carbonyl (C=O) groups is 2. The van der Waals surface area contributed by atoms with Gasteiger partial charge in [-0.2, -0.15) is 0 Å². The largest absolute Gasteiger partial charge is 0.397 e. The van der Waals surface area contributed by atoms with Crippen molar-refractivity contribution in [2.45, 2.75) is 63.9 Å². The smallest absolute Gasteiger partial charge is 0.224 e. The monoisotopic (exact) mass is 712 g/mol.